The lowest BCUT2D eigenvalue weighted by Gasteiger charge is -2.51. The molecule has 0 aromatic carbocycles. The first-order valence-electron chi connectivity index (χ1n) is 6.30. The average molecular weight is 220 g/mol. The Hall–Kier alpha value is -1.06. The number of aromatic nitrogens is 2. The summed E-state index contributed by atoms with van der Waals surface area (Å²) in [6, 6.07) is 0. The first-order valence-corrected chi connectivity index (χ1v) is 6.30. The first-order chi connectivity index (χ1) is 7.73. The maximum atomic E-state index is 11.1. The third-order valence-corrected chi connectivity index (χ3v) is 4.94. The van der Waals surface area contributed by atoms with Crippen LogP contribution in [0, 0.1) is 17.8 Å². The van der Waals surface area contributed by atoms with E-state index in [9.17, 15) is 5.11 Å². The van der Waals surface area contributed by atoms with Gasteiger partial charge in [-0.3, -0.25) is 0 Å². The van der Waals surface area contributed by atoms with Gasteiger partial charge in [0.15, 0.2) is 5.54 Å². The molecule has 0 atom stereocenters. The van der Waals surface area contributed by atoms with Gasteiger partial charge in [-0.15, -0.1) is 0 Å². The highest BCUT2D eigenvalue weighted by Crippen LogP contribution is 2.56. The van der Waals surface area contributed by atoms with Crippen LogP contribution in [0.1, 0.15) is 38.5 Å². The van der Waals surface area contributed by atoms with Gasteiger partial charge in [-0.05, 0) is 37.0 Å². The highest BCUT2D eigenvalue weighted by molar-refractivity contribution is 4.99. The fourth-order valence-electron chi connectivity index (χ4n) is 4.80. The van der Waals surface area contributed by atoms with Crippen LogP contribution >= 0.6 is 0 Å². The van der Waals surface area contributed by atoms with Gasteiger partial charge in [-0.1, -0.05) is 4.68 Å². The molecule has 5 rings (SSSR count). The second kappa shape index (κ2) is 2.79. The second-order valence-corrected chi connectivity index (χ2v) is 6.11. The molecule has 1 aromatic heterocycles. The molecule has 4 saturated carbocycles. The van der Waals surface area contributed by atoms with Crippen molar-refractivity contribution in [2.24, 2.45) is 17.8 Å². The third-order valence-electron chi connectivity index (χ3n) is 4.94. The number of hydrogen-bond donors (Lipinski definition) is 0. The molecule has 0 unspecified atom stereocenters. The lowest BCUT2D eigenvalue weighted by atomic mass is 9.53. The minimum absolute atomic E-state index is 0.126. The van der Waals surface area contributed by atoms with Crippen molar-refractivity contribution in [2.75, 3.05) is 0 Å². The summed E-state index contributed by atoms with van der Waals surface area (Å²) in [5.74, 6) is 2.29. The average Bonchev–Trinajstić information content (AvgIpc) is 2.63. The van der Waals surface area contributed by atoms with E-state index in [1.165, 1.54) is 38.5 Å². The molecule has 4 bridgehead atoms. The smallest absolute Gasteiger partial charge is 0.221 e. The van der Waals surface area contributed by atoms with Gasteiger partial charge in [-0.2, -0.15) is 0 Å². The summed E-state index contributed by atoms with van der Waals surface area (Å²) < 4.78 is 6.56. The molecule has 86 valence electrons. The summed E-state index contributed by atoms with van der Waals surface area (Å²) in [6.07, 6.45) is 9.37. The van der Waals surface area contributed by atoms with Crippen molar-refractivity contribution in [3.63, 3.8) is 0 Å². The standard InChI is InChI=1S/C12H16N2O2/c15-11-7-14(13-16-11)12-4-8-1-9(5-12)3-10(2-8)6-12/h7-10H,1-6H2. The molecule has 4 aliphatic rings. The molecule has 16 heavy (non-hydrogen) atoms. The minimum Gasteiger partial charge on any atom is -0.539 e. The van der Waals surface area contributed by atoms with Crippen LogP contribution in [0.2, 0.25) is 0 Å². The summed E-state index contributed by atoms with van der Waals surface area (Å²) in [7, 11) is 0. The van der Waals surface area contributed by atoms with Crippen LogP contribution in [0.5, 0.6) is 5.95 Å². The summed E-state index contributed by atoms with van der Waals surface area (Å²) in [6.45, 7) is 0. The Morgan fingerprint density at radius 1 is 1.19 bits per heavy atom. The topological polar surface area (TPSA) is 53.0 Å². The van der Waals surface area contributed by atoms with Crippen LogP contribution in [-0.4, -0.2) is 5.27 Å². The summed E-state index contributed by atoms with van der Waals surface area (Å²) >= 11 is 0. The normalized spacial score (nSPS) is 45.1. The lowest BCUT2D eigenvalue weighted by molar-refractivity contribution is -0.832. The molecule has 4 aliphatic carbocycles. The molecule has 4 nitrogen and oxygen atoms in total. The van der Waals surface area contributed by atoms with E-state index in [0.717, 1.165) is 17.8 Å². The van der Waals surface area contributed by atoms with E-state index in [0.29, 0.717) is 0 Å². The molecule has 0 amide bonds. The summed E-state index contributed by atoms with van der Waals surface area (Å²) in [5.41, 5.74) is 0.126. The third kappa shape index (κ3) is 1.10. The zero-order valence-corrected chi connectivity index (χ0v) is 9.26. The maximum Gasteiger partial charge on any atom is 0.221 e. The van der Waals surface area contributed by atoms with Crippen molar-refractivity contribution in [3.05, 3.63) is 6.20 Å². The Morgan fingerprint density at radius 2 is 1.75 bits per heavy atom. The molecule has 4 fully saturated rings. The highest BCUT2D eigenvalue weighted by Gasteiger charge is 2.57. The van der Waals surface area contributed by atoms with Crippen molar-refractivity contribution in [1.29, 1.82) is 0 Å². The quantitative estimate of drug-likeness (QED) is 0.662. The van der Waals surface area contributed by atoms with Gasteiger partial charge in [0.25, 0.3) is 0 Å². The van der Waals surface area contributed by atoms with Gasteiger partial charge in [0.1, 0.15) is 5.95 Å². The lowest BCUT2D eigenvalue weighted by Crippen LogP contribution is -2.65. The fraction of sp³-hybridized carbons (Fsp3) is 0.833. The van der Waals surface area contributed by atoms with Crippen molar-refractivity contribution in [2.45, 2.75) is 44.1 Å². The molecule has 1 heterocycles. The van der Waals surface area contributed by atoms with E-state index in [4.69, 9.17) is 4.52 Å². The Bertz CT molecular complexity index is 391. The van der Waals surface area contributed by atoms with Gasteiger partial charge in [-0.25, -0.2) is 0 Å². The Kier molecular flexibility index (Phi) is 1.57. The molecular weight excluding hydrogens is 204 g/mol. The van der Waals surface area contributed by atoms with E-state index in [1.807, 2.05) is 4.68 Å². The molecule has 0 saturated heterocycles. The van der Waals surface area contributed by atoms with Crippen molar-refractivity contribution in [3.8, 4) is 5.95 Å². The molecule has 0 aliphatic heterocycles. The second-order valence-electron chi connectivity index (χ2n) is 6.11. The van der Waals surface area contributed by atoms with Crippen LogP contribution in [0.15, 0.2) is 10.7 Å². The minimum atomic E-state index is -0.309. The monoisotopic (exact) mass is 220 g/mol. The van der Waals surface area contributed by atoms with E-state index in [1.54, 1.807) is 6.20 Å². The van der Waals surface area contributed by atoms with Gasteiger partial charge >= 0.3 is 0 Å². The Balaban J connectivity index is 1.76. The van der Waals surface area contributed by atoms with Gasteiger partial charge < -0.3 is 9.63 Å². The largest absolute Gasteiger partial charge is 0.539 e. The van der Waals surface area contributed by atoms with E-state index in [2.05, 4.69) is 5.27 Å². The predicted molar refractivity (Wildman–Crippen MR) is 52.3 cm³/mol. The van der Waals surface area contributed by atoms with Crippen LogP contribution in [0.3, 0.4) is 0 Å². The maximum absolute atomic E-state index is 11.1. The van der Waals surface area contributed by atoms with Gasteiger partial charge in [0, 0.05) is 19.3 Å². The Morgan fingerprint density at radius 3 is 2.19 bits per heavy atom. The summed E-state index contributed by atoms with van der Waals surface area (Å²) in [5, 5.41) is 15.1. The zero-order chi connectivity index (χ0) is 10.8. The molecule has 1 aromatic rings. The summed E-state index contributed by atoms with van der Waals surface area (Å²) in [4.78, 5) is 0. The molecular formula is C12H16N2O2. The molecule has 0 radical (unpaired) electrons. The van der Waals surface area contributed by atoms with Crippen LogP contribution in [0.4, 0.5) is 0 Å². The van der Waals surface area contributed by atoms with Gasteiger partial charge in [0.05, 0.1) is 5.27 Å². The SMILES string of the molecule is [O-]c1c[n+](C23CC4CC(CC(C4)C2)C3)no1. The predicted octanol–water partition coefficient (Wildman–Crippen LogP) is 0.961. The number of rotatable bonds is 1. The highest BCUT2D eigenvalue weighted by atomic mass is 16.6. The zero-order valence-electron chi connectivity index (χ0n) is 9.26. The van der Waals surface area contributed by atoms with Crippen molar-refractivity contribution >= 4 is 0 Å². The first kappa shape index (κ1) is 9.02. The number of hydrogen-bond acceptors (Lipinski definition) is 3. The van der Waals surface area contributed by atoms with Crippen molar-refractivity contribution in [1.82, 2.24) is 5.27 Å². The van der Waals surface area contributed by atoms with E-state index in [-0.39, 0.29) is 11.5 Å². The van der Waals surface area contributed by atoms with Gasteiger partial charge in [0.2, 0.25) is 6.20 Å². The molecule has 0 N–H and O–H groups in total. The molecule has 0 spiro atoms. The Labute approximate surface area is 94.2 Å². The number of nitrogens with zero attached hydrogens (tertiary/aromatic N) is 2. The van der Waals surface area contributed by atoms with E-state index >= 15 is 0 Å². The van der Waals surface area contributed by atoms with Crippen LogP contribution < -0.4 is 9.79 Å². The molecule has 4 heteroatoms. The van der Waals surface area contributed by atoms with Crippen LogP contribution in [-0.2, 0) is 5.54 Å². The van der Waals surface area contributed by atoms with Crippen LogP contribution in [0.25, 0.3) is 0 Å². The van der Waals surface area contributed by atoms with Crippen molar-refractivity contribution < 1.29 is 14.3 Å². The fourth-order valence-corrected chi connectivity index (χ4v) is 4.80. The van der Waals surface area contributed by atoms with E-state index < -0.39 is 0 Å².